The minimum absolute atomic E-state index is 0.0112. The molecule has 0 atom stereocenters. The summed E-state index contributed by atoms with van der Waals surface area (Å²) in [7, 11) is -3.46. The second kappa shape index (κ2) is 6.71. The second-order valence-electron chi connectivity index (χ2n) is 6.66. The molecule has 6 heteroatoms. The number of hydrogen-bond acceptors (Lipinski definition) is 4. The summed E-state index contributed by atoms with van der Waals surface area (Å²) in [5, 5.41) is 1.01. The summed E-state index contributed by atoms with van der Waals surface area (Å²) in [6, 6.07) is 7.10. The molecule has 0 amide bonds. The van der Waals surface area contributed by atoms with Crippen molar-refractivity contribution in [2.24, 2.45) is 0 Å². The summed E-state index contributed by atoms with van der Waals surface area (Å²) in [6.45, 7) is 10.6. The molecule has 0 bridgehead atoms. The van der Waals surface area contributed by atoms with E-state index >= 15 is 0 Å². The molecule has 0 saturated carbocycles. The molecule has 126 valence electrons. The Kier molecular flexibility index (Phi) is 5.28. The Labute approximate surface area is 143 Å². The van der Waals surface area contributed by atoms with Crippen LogP contribution in [0.15, 0.2) is 29.2 Å². The third-order valence-corrected chi connectivity index (χ3v) is 6.28. The Bertz CT molecular complexity index is 770. The normalized spacial score (nSPS) is 12.6. The van der Waals surface area contributed by atoms with E-state index in [4.69, 9.17) is 0 Å². The third kappa shape index (κ3) is 4.62. The number of nitrogens with one attached hydrogen (secondary N) is 1. The minimum atomic E-state index is -3.46. The van der Waals surface area contributed by atoms with Gasteiger partial charge in [0.2, 0.25) is 10.0 Å². The predicted molar refractivity (Wildman–Crippen MR) is 95.6 cm³/mol. The first-order valence-corrected chi connectivity index (χ1v) is 9.93. The highest BCUT2D eigenvalue weighted by molar-refractivity contribution is 7.89. The molecular formula is C17H24N2O2S2. The van der Waals surface area contributed by atoms with Gasteiger partial charge in [0.15, 0.2) is 0 Å². The van der Waals surface area contributed by atoms with Crippen molar-refractivity contribution >= 4 is 21.4 Å². The van der Waals surface area contributed by atoms with Gasteiger partial charge in [-0.25, -0.2) is 18.1 Å². The van der Waals surface area contributed by atoms with Gasteiger partial charge in [0.25, 0.3) is 0 Å². The average molecular weight is 353 g/mol. The molecule has 0 saturated heterocycles. The molecule has 0 radical (unpaired) electrons. The van der Waals surface area contributed by atoms with E-state index in [9.17, 15) is 8.42 Å². The molecule has 0 unspecified atom stereocenters. The Morgan fingerprint density at radius 1 is 1.13 bits per heavy atom. The zero-order valence-electron chi connectivity index (χ0n) is 14.3. The summed E-state index contributed by atoms with van der Waals surface area (Å²) in [6.07, 6.45) is 0.663. The molecule has 1 aromatic heterocycles. The Morgan fingerprint density at radius 2 is 1.74 bits per heavy atom. The van der Waals surface area contributed by atoms with Gasteiger partial charge in [0, 0.05) is 11.4 Å². The Morgan fingerprint density at radius 3 is 2.22 bits per heavy atom. The van der Waals surface area contributed by atoms with Crippen molar-refractivity contribution in [1.29, 1.82) is 0 Å². The highest BCUT2D eigenvalue weighted by Crippen LogP contribution is 2.23. The van der Waals surface area contributed by atoms with Crippen molar-refractivity contribution in [3.63, 3.8) is 0 Å². The number of aryl methyl sites for hydroxylation is 2. The van der Waals surface area contributed by atoms with E-state index in [1.54, 1.807) is 23.5 Å². The van der Waals surface area contributed by atoms with E-state index in [0.717, 1.165) is 21.1 Å². The number of rotatable bonds is 5. The smallest absolute Gasteiger partial charge is 0.240 e. The van der Waals surface area contributed by atoms with Gasteiger partial charge in [-0.1, -0.05) is 32.9 Å². The fourth-order valence-electron chi connectivity index (χ4n) is 2.32. The lowest BCUT2D eigenvalue weighted by Gasteiger charge is -2.19. The van der Waals surface area contributed by atoms with Crippen LogP contribution in [0.3, 0.4) is 0 Å². The summed E-state index contributed by atoms with van der Waals surface area (Å²) in [5.41, 5.74) is 2.12. The SMILES string of the molecule is Cc1nc(C)c(CCNS(=O)(=O)c2ccc(C(C)(C)C)cc2)s1. The number of hydrogen-bond donors (Lipinski definition) is 1. The predicted octanol–water partition coefficient (Wildman–Crippen LogP) is 3.58. The quantitative estimate of drug-likeness (QED) is 0.895. The summed E-state index contributed by atoms with van der Waals surface area (Å²) in [4.78, 5) is 5.80. The van der Waals surface area contributed by atoms with Gasteiger partial charge >= 0.3 is 0 Å². The molecule has 23 heavy (non-hydrogen) atoms. The molecule has 1 aromatic carbocycles. The average Bonchev–Trinajstić information content (AvgIpc) is 2.76. The fourth-order valence-corrected chi connectivity index (χ4v) is 4.29. The van der Waals surface area contributed by atoms with Gasteiger partial charge in [-0.3, -0.25) is 0 Å². The van der Waals surface area contributed by atoms with E-state index in [1.165, 1.54) is 0 Å². The second-order valence-corrected chi connectivity index (χ2v) is 9.72. The van der Waals surface area contributed by atoms with Gasteiger partial charge in [-0.15, -0.1) is 11.3 Å². The Balaban J connectivity index is 2.03. The zero-order valence-corrected chi connectivity index (χ0v) is 15.9. The topological polar surface area (TPSA) is 59.1 Å². The van der Waals surface area contributed by atoms with Crippen LogP contribution in [0.1, 0.15) is 41.9 Å². The maximum atomic E-state index is 12.4. The first-order valence-electron chi connectivity index (χ1n) is 7.63. The lowest BCUT2D eigenvalue weighted by atomic mass is 9.87. The Hall–Kier alpha value is -1.24. The highest BCUT2D eigenvalue weighted by atomic mass is 32.2. The lowest BCUT2D eigenvalue weighted by Crippen LogP contribution is -2.26. The van der Waals surface area contributed by atoms with Crippen LogP contribution in [0.5, 0.6) is 0 Å². The van der Waals surface area contributed by atoms with Crippen molar-refractivity contribution in [2.75, 3.05) is 6.54 Å². The monoisotopic (exact) mass is 352 g/mol. The minimum Gasteiger partial charge on any atom is -0.247 e. The van der Waals surface area contributed by atoms with Crippen LogP contribution < -0.4 is 4.72 Å². The number of benzene rings is 1. The molecule has 0 fully saturated rings. The summed E-state index contributed by atoms with van der Waals surface area (Å²) in [5.74, 6) is 0. The number of aromatic nitrogens is 1. The molecule has 0 aliphatic heterocycles. The zero-order chi connectivity index (χ0) is 17.3. The van der Waals surface area contributed by atoms with Gasteiger partial charge in [0.1, 0.15) is 0 Å². The van der Waals surface area contributed by atoms with Crippen LogP contribution in [-0.4, -0.2) is 19.9 Å². The van der Waals surface area contributed by atoms with Crippen molar-refractivity contribution in [1.82, 2.24) is 9.71 Å². The van der Waals surface area contributed by atoms with E-state index in [-0.39, 0.29) is 5.41 Å². The van der Waals surface area contributed by atoms with E-state index in [0.29, 0.717) is 17.9 Å². The molecule has 4 nitrogen and oxygen atoms in total. The maximum Gasteiger partial charge on any atom is 0.240 e. The summed E-state index contributed by atoms with van der Waals surface area (Å²) < 4.78 is 27.4. The van der Waals surface area contributed by atoms with Crippen LogP contribution in [0, 0.1) is 13.8 Å². The van der Waals surface area contributed by atoms with Crippen LogP contribution in [0.4, 0.5) is 0 Å². The number of sulfonamides is 1. The van der Waals surface area contributed by atoms with E-state index in [2.05, 4.69) is 30.5 Å². The van der Waals surface area contributed by atoms with Gasteiger partial charge in [0.05, 0.1) is 15.6 Å². The molecule has 2 aromatic rings. The van der Waals surface area contributed by atoms with Crippen molar-refractivity contribution in [2.45, 2.75) is 51.3 Å². The van der Waals surface area contributed by atoms with Crippen molar-refractivity contribution < 1.29 is 8.42 Å². The maximum absolute atomic E-state index is 12.4. The number of nitrogens with zero attached hydrogens (tertiary/aromatic N) is 1. The van der Waals surface area contributed by atoms with Gasteiger partial charge in [-0.2, -0.15) is 0 Å². The summed E-state index contributed by atoms with van der Waals surface area (Å²) >= 11 is 1.62. The molecule has 0 aliphatic carbocycles. The van der Waals surface area contributed by atoms with Gasteiger partial charge in [-0.05, 0) is 43.4 Å². The van der Waals surface area contributed by atoms with E-state index < -0.39 is 10.0 Å². The molecule has 0 aliphatic rings. The van der Waals surface area contributed by atoms with Gasteiger partial charge < -0.3 is 0 Å². The third-order valence-electron chi connectivity index (χ3n) is 3.67. The van der Waals surface area contributed by atoms with Crippen LogP contribution in [0.2, 0.25) is 0 Å². The lowest BCUT2D eigenvalue weighted by molar-refractivity contribution is 0.578. The fraction of sp³-hybridized carbons (Fsp3) is 0.471. The molecule has 1 heterocycles. The highest BCUT2D eigenvalue weighted by Gasteiger charge is 2.17. The largest absolute Gasteiger partial charge is 0.247 e. The molecule has 0 spiro atoms. The van der Waals surface area contributed by atoms with Crippen LogP contribution in [-0.2, 0) is 21.9 Å². The standard InChI is InChI=1S/C17H24N2O2S2/c1-12-16(22-13(2)19-12)10-11-18-23(20,21)15-8-6-14(7-9-15)17(3,4)5/h6-9,18H,10-11H2,1-5H3. The van der Waals surface area contributed by atoms with E-state index in [1.807, 2.05) is 26.0 Å². The first-order chi connectivity index (χ1) is 10.6. The first kappa shape index (κ1) is 18.1. The molecule has 1 N–H and O–H groups in total. The molecular weight excluding hydrogens is 328 g/mol. The van der Waals surface area contributed by atoms with Crippen molar-refractivity contribution in [3.05, 3.63) is 45.4 Å². The molecule has 2 rings (SSSR count). The van der Waals surface area contributed by atoms with Crippen LogP contribution in [0.25, 0.3) is 0 Å². The van der Waals surface area contributed by atoms with Crippen molar-refractivity contribution in [3.8, 4) is 0 Å². The van der Waals surface area contributed by atoms with Crippen LogP contribution >= 0.6 is 11.3 Å². The number of thiazole rings is 1.